The Balaban J connectivity index is 2.67. The Morgan fingerprint density at radius 3 is 2.52 bits per heavy atom. The minimum atomic E-state index is -0.668. The van der Waals surface area contributed by atoms with Crippen LogP contribution in [-0.2, 0) is 20.7 Å². The molecule has 0 fully saturated rings. The molecule has 0 heterocycles. The van der Waals surface area contributed by atoms with Gasteiger partial charge in [-0.1, -0.05) is 30.3 Å². The number of hydrogen-bond acceptors (Lipinski definition) is 5. The predicted molar refractivity (Wildman–Crippen MR) is 85.4 cm³/mol. The summed E-state index contributed by atoms with van der Waals surface area (Å²) in [6, 6.07) is 8.64. The van der Waals surface area contributed by atoms with Gasteiger partial charge in [0.2, 0.25) is 5.91 Å². The van der Waals surface area contributed by atoms with Gasteiger partial charge in [-0.25, -0.2) is 4.79 Å². The molecule has 6 heteroatoms. The molecule has 21 heavy (non-hydrogen) atoms. The van der Waals surface area contributed by atoms with Gasteiger partial charge < -0.3 is 15.4 Å². The van der Waals surface area contributed by atoms with Crippen molar-refractivity contribution in [2.75, 3.05) is 19.4 Å². The van der Waals surface area contributed by atoms with E-state index in [4.69, 9.17) is 0 Å². The fourth-order valence-electron chi connectivity index (χ4n) is 1.90. The normalized spacial score (nSPS) is 13.3. The van der Waals surface area contributed by atoms with E-state index in [9.17, 15) is 9.59 Å². The fraction of sp³-hybridized carbons (Fsp3) is 0.467. The van der Waals surface area contributed by atoms with E-state index in [0.717, 1.165) is 5.56 Å². The van der Waals surface area contributed by atoms with Crippen molar-refractivity contribution in [3.8, 4) is 0 Å². The summed E-state index contributed by atoms with van der Waals surface area (Å²) in [4.78, 5) is 23.7. The maximum atomic E-state index is 12.3. The lowest BCUT2D eigenvalue weighted by molar-refractivity contribution is -0.144. The van der Waals surface area contributed by atoms with E-state index >= 15 is 0 Å². The number of rotatable bonds is 8. The van der Waals surface area contributed by atoms with E-state index in [1.807, 2.05) is 30.3 Å². The first kappa shape index (κ1) is 17.5. The molecule has 1 amide bonds. The molecule has 1 aromatic carbocycles. The van der Waals surface area contributed by atoms with Gasteiger partial charge in [0, 0.05) is 12.3 Å². The number of methoxy groups -OCH3 is 1. The second-order valence-electron chi connectivity index (χ2n) is 4.67. The van der Waals surface area contributed by atoms with Crippen molar-refractivity contribution in [1.29, 1.82) is 0 Å². The number of nitrogens with one attached hydrogen (secondary N) is 2. The lowest BCUT2D eigenvalue weighted by Crippen LogP contribution is -2.50. The van der Waals surface area contributed by atoms with Crippen LogP contribution in [0.5, 0.6) is 0 Å². The first-order valence-corrected chi connectivity index (χ1v) is 7.48. The Hall–Kier alpha value is -1.53. The molecule has 1 aromatic rings. The van der Waals surface area contributed by atoms with Gasteiger partial charge in [0.05, 0.1) is 13.2 Å². The summed E-state index contributed by atoms with van der Waals surface area (Å²) in [7, 11) is 1.30. The van der Waals surface area contributed by atoms with Crippen LogP contribution < -0.4 is 10.6 Å². The maximum absolute atomic E-state index is 12.3. The summed E-state index contributed by atoms with van der Waals surface area (Å²) in [5.41, 5.74) is 1.05. The average molecular weight is 310 g/mol. The molecule has 2 atom stereocenters. The van der Waals surface area contributed by atoms with Crippen molar-refractivity contribution in [2.45, 2.75) is 25.4 Å². The molecule has 116 valence electrons. The molecule has 0 aliphatic rings. The third-order valence-corrected chi connectivity index (χ3v) is 3.24. The van der Waals surface area contributed by atoms with Crippen LogP contribution >= 0.6 is 12.6 Å². The van der Waals surface area contributed by atoms with Crippen LogP contribution in [0, 0.1) is 0 Å². The summed E-state index contributed by atoms with van der Waals surface area (Å²) in [6.07, 6.45) is 0.550. The highest BCUT2D eigenvalue weighted by Crippen LogP contribution is 2.04. The number of amides is 1. The number of thiol groups is 1. The second kappa shape index (κ2) is 9.41. The minimum Gasteiger partial charge on any atom is -0.467 e. The quantitative estimate of drug-likeness (QED) is 0.491. The molecule has 0 spiro atoms. The highest BCUT2D eigenvalue weighted by molar-refractivity contribution is 7.80. The van der Waals surface area contributed by atoms with Crippen molar-refractivity contribution in [1.82, 2.24) is 10.6 Å². The Morgan fingerprint density at radius 2 is 1.95 bits per heavy atom. The van der Waals surface area contributed by atoms with Crippen molar-refractivity contribution in [2.24, 2.45) is 0 Å². The molecule has 0 saturated heterocycles. The molecular weight excluding hydrogens is 288 g/mol. The van der Waals surface area contributed by atoms with Gasteiger partial charge in [0.25, 0.3) is 0 Å². The molecular formula is C15H22N2O3S. The van der Waals surface area contributed by atoms with E-state index < -0.39 is 18.1 Å². The van der Waals surface area contributed by atoms with E-state index in [2.05, 4.69) is 28.0 Å². The number of carbonyl (C=O) groups excluding carboxylic acids is 2. The largest absolute Gasteiger partial charge is 0.467 e. The van der Waals surface area contributed by atoms with Crippen molar-refractivity contribution in [3.05, 3.63) is 35.9 Å². The summed E-state index contributed by atoms with van der Waals surface area (Å²) in [5, 5.41) is 5.80. The van der Waals surface area contributed by atoms with E-state index in [1.54, 1.807) is 6.92 Å². The Morgan fingerprint density at radius 1 is 1.29 bits per heavy atom. The summed E-state index contributed by atoms with van der Waals surface area (Å²) >= 11 is 4.14. The van der Waals surface area contributed by atoms with Crippen LogP contribution in [0.1, 0.15) is 12.5 Å². The van der Waals surface area contributed by atoms with Crippen LogP contribution in [0.4, 0.5) is 0 Å². The van der Waals surface area contributed by atoms with Crippen LogP contribution in [0.3, 0.4) is 0 Å². The molecule has 1 rings (SSSR count). The Bertz CT molecular complexity index is 453. The summed E-state index contributed by atoms with van der Waals surface area (Å²) in [5.74, 6) is -0.0555. The first-order valence-electron chi connectivity index (χ1n) is 6.84. The topological polar surface area (TPSA) is 67.4 Å². The monoisotopic (exact) mass is 310 g/mol. The fourth-order valence-corrected chi connectivity index (χ4v) is 2.02. The zero-order chi connectivity index (χ0) is 15.7. The molecule has 2 N–H and O–H groups in total. The van der Waals surface area contributed by atoms with E-state index in [0.29, 0.717) is 18.7 Å². The molecule has 0 aliphatic carbocycles. The SMILES string of the molecule is COC(=O)[C@H](C)NC(=O)[C@H](Cc1ccccc1)NCCS. The lowest BCUT2D eigenvalue weighted by atomic mass is 10.0. The highest BCUT2D eigenvalue weighted by atomic mass is 32.1. The standard InChI is InChI=1S/C15H22N2O3S/c1-11(15(19)20-2)17-14(18)13(16-8-9-21)10-12-6-4-3-5-7-12/h3-7,11,13,16,21H,8-10H2,1-2H3,(H,17,18)/t11-,13-/m0/s1. The van der Waals surface area contributed by atoms with Gasteiger partial charge in [-0.2, -0.15) is 12.6 Å². The average Bonchev–Trinajstić information content (AvgIpc) is 2.51. The molecule has 0 radical (unpaired) electrons. The second-order valence-corrected chi connectivity index (χ2v) is 5.12. The smallest absolute Gasteiger partial charge is 0.328 e. The van der Waals surface area contributed by atoms with Crippen LogP contribution in [0.2, 0.25) is 0 Å². The van der Waals surface area contributed by atoms with Crippen LogP contribution in [0.25, 0.3) is 0 Å². The zero-order valence-corrected chi connectivity index (χ0v) is 13.2. The molecule has 0 saturated carbocycles. The molecule has 0 aliphatic heterocycles. The first-order chi connectivity index (χ1) is 10.1. The van der Waals surface area contributed by atoms with E-state index in [-0.39, 0.29) is 5.91 Å². The Labute approximate surface area is 130 Å². The van der Waals surface area contributed by atoms with Crippen molar-refractivity contribution in [3.63, 3.8) is 0 Å². The van der Waals surface area contributed by atoms with Gasteiger partial charge in [-0.3, -0.25) is 4.79 Å². The summed E-state index contributed by atoms with van der Waals surface area (Å²) in [6.45, 7) is 2.21. The zero-order valence-electron chi connectivity index (χ0n) is 12.3. The maximum Gasteiger partial charge on any atom is 0.328 e. The predicted octanol–water partition coefficient (Wildman–Crippen LogP) is 0.795. The third kappa shape index (κ3) is 6.18. The minimum absolute atomic E-state index is 0.224. The number of esters is 1. The molecule has 5 nitrogen and oxygen atoms in total. The van der Waals surface area contributed by atoms with Crippen molar-refractivity contribution < 1.29 is 14.3 Å². The van der Waals surface area contributed by atoms with Gasteiger partial charge in [-0.15, -0.1) is 0 Å². The third-order valence-electron chi connectivity index (χ3n) is 3.02. The van der Waals surface area contributed by atoms with Gasteiger partial charge in [0.15, 0.2) is 0 Å². The number of ether oxygens (including phenoxy) is 1. The van der Waals surface area contributed by atoms with Crippen LogP contribution in [-0.4, -0.2) is 43.4 Å². The number of benzene rings is 1. The molecule has 0 unspecified atom stereocenters. The Kier molecular flexibility index (Phi) is 7.85. The van der Waals surface area contributed by atoms with Crippen LogP contribution in [0.15, 0.2) is 30.3 Å². The summed E-state index contributed by atoms with van der Waals surface area (Å²) < 4.78 is 4.61. The highest BCUT2D eigenvalue weighted by Gasteiger charge is 2.22. The van der Waals surface area contributed by atoms with Gasteiger partial charge in [0.1, 0.15) is 6.04 Å². The molecule has 0 aromatic heterocycles. The number of carbonyl (C=O) groups is 2. The number of hydrogen-bond donors (Lipinski definition) is 3. The van der Waals surface area contributed by atoms with Gasteiger partial charge in [-0.05, 0) is 18.9 Å². The van der Waals surface area contributed by atoms with Gasteiger partial charge >= 0.3 is 5.97 Å². The van der Waals surface area contributed by atoms with E-state index in [1.165, 1.54) is 7.11 Å². The van der Waals surface area contributed by atoms with Crippen molar-refractivity contribution >= 4 is 24.5 Å². The lowest BCUT2D eigenvalue weighted by Gasteiger charge is -2.20. The molecule has 0 bridgehead atoms.